The summed E-state index contributed by atoms with van der Waals surface area (Å²) in [6.07, 6.45) is 0.217. The second kappa shape index (κ2) is 5.30. The van der Waals surface area contributed by atoms with Crippen LogP contribution in [0.2, 0.25) is 0 Å². The molecule has 0 saturated carbocycles. The fourth-order valence-corrected chi connectivity index (χ4v) is 2.03. The average molecular weight is 264 g/mol. The van der Waals surface area contributed by atoms with Crippen molar-refractivity contribution in [1.29, 1.82) is 0 Å². The van der Waals surface area contributed by atoms with Crippen molar-refractivity contribution in [1.82, 2.24) is 9.78 Å². The lowest BCUT2D eigenvalue weighted by molar-refractivity contribution is -0.117. The normalized spacial score (nSPS) is 10.7. The van der Waals surface area contributed by atoms with Crippen molar-refractivity contribution in [3.05, 3.63) is 52.9 Å². The highest BCUT2D eigenvalue weighted by molar-refractivity contribution is 5.82. The minimum absolute atomic E-state index is 0.0128. The molecule has 0 amide bonds. The van der Waals surface area contributed by atoms with Gasteiger partial charge in [-0.25, -0.2) is 8.78 Å². The highest BCUT2D eigenvalue weighted by atomic mass is 19.1. The zero-order chi connectivity index (χ0) is 14.0. The largest absolute Gasteiger partial charge is 0.299 e. The molecule has 100 valence electrons. The third-order valence-corrected chi connectivity index (χ3v) is 2.80. The monoisotopic (exact) mass is 264 g/mol. The first-order valence-electron chi connectivity index (χ1n) is 5.90. The van der Waals surface area contributed by atoms with Gasteiger partial charge in [0.1, 0.15) is 17.4 Å². The molecule has 0 spiro atoms. The van der Waals surface area contributed by atoms with Crippen LogP contribution in [0.5, 0.6) is 0 Å². The fraction of sp³-hybridized carbons (Fsp3) is 0.286. The molecule has 2 aromatic rings. The van der Waals surface area contributed by atoms with Gasteiger partial charge < -0.3 is 0 Å². The number of carbonyl (C=O) groups excluding carboxylic acids is 1. The lowest BCUT2D eigenvalue weighted by Crippen LogP contribution is -2.10. The Hall–Kier alpha value is -2.04. The Morgan fingerprint density at radius 1 is 1.16 bits per heavy atom. The first kappa shape index (κ1) is 13.4. The number of hydrogen-bond donors (Lipinski definition) is 0. The Kier molecular flexibility index (Phi) is 3.74. The van der Waals surface area contributed by atoms with Gasteiger partial charge in [0.2, 0.25) is 0 Å². The van der Waals surface area contributed by atoms with E-state index in [1.807, 2.05) is 13.0 Å². The Morgan fingerprint density at radius 3 is 2.32 bits per heavy atom. The van der Waals surface area contributed by atoms with Gasteiger partial charge in [0.25, 0.3) is 0 Å². The van der Waals surface area contributed by atoms with Crippen LogP contribution >= 0.6 is 0 Å². The van der Waals surface area contributed by atoms with Gasteiger partial charge >= 0.3 is 0 Å². The molecule has 0 saturated heterocycles. The lowest BCUT2D eigenvalue weighted by atomic mass is 10.1. The topological polar surface area (TPSA) is 34.9 Å². The smallest absolute Gasteiger partial charge is 0.143 e. The maximum atomic E-state index is 13.0. The molecule has 5 heteroatoms. The van der Waals surface area contributed by atoms with Crippen LogP contribution in [-0.2, 0) is 24.7 Å². The summed E-state index contributed by atoms with van der Waals surface area (Å²) in [6, 6.07) is 4.97. The zero-order valence-corrected chi connectivity index (χ0v) is 10.8. The molecule has 2 rings (SSSR count). The van der Waals surface area contributed by atoms with Crippen LogP contribution in [0.4, 0.5) is 8.78 Å². The molecule has 3 nitrogen and oxygen atoms in total. The Bertz CT molecular complexity index is 600. The Balaban J connectivity index is 2.07. The lowest BCUT2D eigenvalue weighted by Gasteiger charge is -2.03. The van der Waals surface area contributed by atoms with Crippen LogP contribution in [0.25, 0.3) is 0 Å². The zero-order valence-electron chi connectivity index (χ0n) is 10.8. The molecule has 0 bridgehead atoms. The maximum Gasteiger partial charge on any atom is 0.143 e. The van der Waals surface area contributed by atoms with E-state index >= 15 is 0 Å². The Morgan fingerprint density at radius 2 is 1.79 bits per heavy atom. The third-order valence-electron chi connectivity index (χ3n) is 2.80. The molecule has 0 unspecified atom stereocenters. The van der Waals surface area contributed by atoms with Gasteiger partial charge in [0.05, 0.1) is 5.69 Å². The van der Waals surface area contributed by atoms with Gasteiger partial charge in [-0.15, -0.1) is 0 Å². The van der Waals surface area contributed by atoms with E-state index < -0.39 is 11.6 Å². The van der Waals surface area contributed by atoms with E-state index in [1.54, 1.807) is 11.7 Å². The van der Waals surface area contributed by atoms with E-state index in [2.05, 4.69) is 5.10 Å². The van der Waals surface area contributed by atoms with E-state index in [0.717, 1.165) is 17.5 Å². The number of Topliss-reactive ketones (excluding diaryl/α,β-unsaturated/α-hetero) is 1. The second-order valence-corrected chi connectivity index (χ2v) is 4.57. The van der Waals surface area contributed by atoms with Crippen molar-refractivity contribution in [2.75, 3.05) is 0 Å². The first-order valence-corrected chi connectivity index (χ1v) is 5.90. The molecular formula is C14H14F2N2O. The van der Waals surface area contributed by atoms with E-state index in [1.165, 1.54) is 12.1 Å². The van der Waals surface area contributed by atoms with Crippen LogP contribution < -0.4 is 0 Å². The highest BCUT2D eigenvalue weighted by Crippen LogP contribution is 2.11. The predicted molar refractivity (Wildman–Crippen MR) is 66.7 cm³/mol. The molecule has 0 aliphatic carbocycles. The first-order chi connectivity index (χ1) is 8.94. The third kappa shape index (κ3) is 3.47. The summed E-state index contributed by atoms with van der Waals surface area (Å²) in [5.41, 5.74) is 1.97. The summed E-state index contributed by atoms with van der Waals surface area (Å²) >= 11 is 0. The standard InChI is InChI=1S/C14H14F2N2O/c1-9-3-13(18(2)17-9)8-14(19)6-10-4-11(15)7-12(16)5-10/h3-5,7H,6,8H2,1-2H3. The summed E-state index contributed by atoms with van der Waals surface area (Å²) in [4.78, 5) is 11.9. The number of carbonyl (C=O) groups is 1. The van der Waals surface area contributed by atoms with Crippen LogP contribution in [-0.4, -0.2) is 15.6 Å². The molecule has 0 N–H and O–H groups in total. The number of rotatable bonds is 4. The van der Waals surface area contributed by atoms with E-state index in [9.17, 15) is 13.6 Å². The molecule has 0 fully saturated rings. The van der Waals surface area contributed by atoms with Gasteiger partial charge in [-0.2, -0.15) is 5.10 Å². The highest BCUT2D eigenvalue weighted by Gasteiger charge is 2.10. The van der Waals surface area contributed by atoms with Gasteiger partial charge in [0, 0.05) is 31.6 Å². The van der Waals surface area contributed by atoms with Crippen molar-refractivity contribution in [2.45, 2.75) is 19.8 Å². The van der Waals surface area contributed by atoms with Gasteiger partial charge in [-0.3, -0.25) is 9.48 Å². The van der Waals surface area contributed by atoms with Crippen LogP contribution in [0.1, 0.15) is 17.0 Å². The van der Waals surface area contributed by atoms with Crippen LogP contribution in [0.15, 0.2) is 24.3 Å². The SMILES string of the molecule is Cc1cc(CC(=O)Cc2cc(F)cc(F)c2)n(C)n1. The number of hydrogen-bond acceptors (Lipinski definition) is 2. The van der Waals surface area contributed by atoms with Gasteiger partial charge in [-0.1, -0.05) is 0 Å². The van der Waals surface area contributed by atoms with Crippen LogP contribution in [0.3, 0.4) is 0 Å². The molecular weight excluding hydrogens is 250 g/mol. The average Bonchev–Trinajstić information content (AvgIpc) is 2.55. The quantitative estimate of drug-likeness (QED) is 0.849. The molecule has 0 aliphatic rings. The minimum Gasteiger partial charge on any atom is -0.299 e. The molecule has 0 radical (unpaired) electrons. The number of aryl methyl sites for hydroxylation is 2. The van der Waals surface area contributed by atoms with E-state index in [-0.39, 0.29) is 18.6 Å². The Labute approximate surface area is 109 Å². The fourth-order valence-electron chi connectivity index (χ4n) is 2.03. The van der Waals surface area contributed by atoms with Crippen molar-refractivity contribution in [3.63, 3.8) is 0 Å². The number of benzene rings is 1. The summed E-state index contributed by atoms with van der Waals surface area (Å²) in [6.45, 7) is 1.84. The summed E-state index contributed by atoms with van der Waals surface area (Å²) in [7, 11) is 1.76. The number of ketones is 1. The summed E-state index contributed by atoms with van der Waals surface area (Å²) < 4.78 is 27.7. The van der Waals surface area contributed by atoms with E-state index in [4.69, 9.17) is 0 Å². The van der Waals surface area contributed by atoms with Gasteiger partial charge in [-0.05, 0) is 30.7 Å². The summed E-state index contributed by atoms with van der Waals surface area (Å²) in [5, 5.41) is 4.14. The molecule has 1 aromatic heterocycles. The maximum absolute atomic E-state index is 13.0. The van der Waals surface area contributed by atoms with Crippen LogP contribution in [0, 0.1) is 18.6 Å². The second-order valence-electron chi connectivity index (χ2n) is 4.57. The minimum atomic E-state index is -0.667. The molecule has 0 atom stereocenters. The van der Waals surface area contributed by atoms with Gasteiger partial charge in [0.15, 0.2) is 0 Å². The van der Waals surface area contributed by atoms with Crippen molar-refractivity contribution >= 4 is 5.78 Å². The van der Waals surface area contributed by atoms with Crippen molar-refractivity contribution in [2.24, 2.45) is 7.05 Å². The number of halogens is 2. The molecule has 0 aliphatic heterocycles. The van der Waals surface area contributed by atoms with Crippen molar-refractivity contribution in [3.8, 4) is 0 Å². The molecule has 1 heterocycles. The summed E-state index contributed by atoms with van der Waals surface area (Å²) in [5.74, 6) is -1.44. The van der Waals surface area contributed by atoms with E-state index in [0.29, 0.717) is 5.56 Å². The predicted octanol–water partition coefficient (Wildman–Crippen LogP) is 2.36. The number of aromatic nitrogens is 2. The number of nitrogens with zero attached hydrogens (tertiary/aromatic N) is 2. The van der Waals surface area contributed by atoms with Crippen molar-refractivity contribution < 1.29 is 13.6 Å². The molecule has 19 heavy (non-hydrogen) atoms. The molecule has 1 aromatic carbocycles.